The average molecular weight is 261 g/mol. The number of carbonyl (C=O) groups is 1. The van der Waals surface area contributed by atoms with Gasteiger partial charge in [-0.3, -0.25) is 4.79 Å². The molecule has 1 aliphatic rings. The minimum absolute atomic E-state index is 0.00306. The molecule has 1 aromatic carbocycles. The summed E-state index contributed by atoms with van der Waals surface area (Å²) in [5, 5.41) is 3.46. The molecule has 1 saturated carbocycles. The fourth-order valence-corrected chi connectivity index (χ4v) is 2.41. The highest BCUT2D eigenvalue weighted by molar-refractivity contribution is 6.00. The summed E-state index contributed by atoms with van der Waals surface area (Å²) in [7, 11) is 3.52. The zero-order valence-electron chi connectivity index (χ0n) is 11.9. The SMILES string of the molecule is CC(Nc1cc(N)ccc1C(=O)N(C)C)C1CCC1. The van der Waals surface area contributed by atoms with Crippen LogP contribution in [0.3, 0.4) is 0 Å². The Hall–Kier alpha value is -1.71. The highest BCUT2D eigenvalue weighted by Crippen LogP contribution is 2.32. The maximum absolute atomic E-state index is 12.2. The highest BCUT2D eigenvalue weighted by atomic mass is 16.2. The van der Waals surface area contributed by atoms with Crippen LogP contribution in [0, 0.1) is 5.92 Å². The number of benzene rings is 1. The molecule has 19 heavy (non-hydrogen) atoms. The molecule has 0 aliphatic heterocycles. The molecule has 3 N–H and O–H groups in total. The van der Waals surface area contributed by atoms with Crippen molar-refractivity contribution in [2.45, 2.75) is 32.2 Å². The number of hydrogen-bond acceptors (Lipinski definition) is 3. The maximum atomic E-state index is 12.2. The van der Waals surface area contributed by atoms with Crippen molar-refractivity contribution in [3.05, 3.63) is 23.8 Å². The van der Waals surface area contributed by atoms with Crippen LogP contribution in [0.1, 0.15) is 36.5 Å². The number of nitrogens with zero attached hydrogens (tertiary/aromatic N) is 1. The number of rotatable bonds is 4. The molecule has 1 amide bonds. The molecule has 104 valence electrons. The molecule has 1 aliphatic carbocycles. The summed E-state index contributed by atoms with van der Waals surface area (Å²) in [5.41, 5.74) is 8.05. The molecular weight excluding hydrogens is 238 g/mol. The van der Waals surface area contributed by atoms with Crippen molar-refractivity contribution in [1.82, 2.24) is 4.90 Å². The van der Waals surface area contributed by atoms with Gasteiger partial charge in [0.25, 0.3) is 5.91 Å². The molecule has 0 bridgehead atoms. The lowest BCUT2D eigenvalue weighted by atomic mass is 9.80. The fraction of sp³-hybridized carbons (Fsp3) is 0.533. The fourth-order valence-electron chi connectivity index (χ4n) is 2.41. The molecule has 0 aromatic heterocycles. The van der Waals surface area contributed by atoms with Crippen LogP contribution < -0.4 is 11.1 Å². The van der Waals surface area contributed by atoms with Crippen LogP contribution in [0.15, 0.2) is 18.2 Å². The standard InChI is InChI=1S/C15H23N3O/c1-10(11-5-4-6-11)17-14-9-12(16)7-8-13(14)15(19)18(2)3/h7-11,17H,4-6,16H2,1-3H3. The maximum Gasteiger partial charge on any atom is 0.255 e. The van der Waals surface area contributed by atoms with Gasteiger partial charge in [-0.1, -0.05) is 6.42 Å². The average Bonchev–Trinajstić information content (AvgIpc) is 2.25. The molecule has 1 unspecified atom stereocenters. The Morgan fingerprint density at radius 2 is 2.11 bits per heavy atom. The Morgan fingerprint density at radius 3 is 2.63 bits per heavy atom. The van der Waals surface area contributed by atoms with E-state index < -0.39 is 0 Å². The molecule has 4 heteroatoms. The Bertz CT molecular complexity index is 466. The van der Waals surface area contributed by atoms with E-state index in [1.165, 1.54) is 19.3 Å². The third-order valence-electron chi connectivity index (χ3n) is 3.92. The van der Waals surface area contributed by atoms with Crippen molar-refractivity contribution < 1.29 is 4.79 Å². The lowest BCUT2D eigenvalue weighted by Crippen LogP contribution is -2.32. The molecule has 0 radical (unpaired) electrons. The van der Waals surface area contributed by atoms with Crippen molar-refractivity contribution in [3.63, 3.8) is 0 Å². The van der Waals surface area contributed by atoms with Gasteiger partial charge in [0.1, 0.15) is 0 Å². The van der Waals surface area contributed by atoms with E-state index in [1.807, 2.05) is 6.07 Å². The van der Waals surface area contributed by atoms with Crippen molar-refractivity contribution in [3.8, 4) is 0 Å². The van der Waals surface area contributed by atoms with Gasteiger partial charge >= 0.3 is 0 Å². The number of nitrogens with one attached hydrogen (secondary N) is 1. The van der Waals surface area contributed by atoms with E-state index in [-0.39, 0.29) is 5.91 Å². The third kappa shape index (κ3) is 3.00. The molecule has 1 fully saturated rings. The Kier molecular flexibility index (Phi) is 3.98. The van der Waals surface area contributed by atoms with Crippen LogP contribution in [-0.4, -0.2) is 30.9 Å². The first-order valence-corrected chi connectivity index (χ1v) is 6.86. The first-order chi connectivity index (χ1) is 8.99. The smallest absolute Gasteiger partial charge is 0.255 e. The molecule has 0 spiro atoms. The van der Waals surface area contributed by atoms with Gasteiger partial charge in [-0.2, -0.15) is 0 Å². The Labute approximate surface area is 115 Å². The summed E-state index contributed by atoms with van der Waals surface area (Å²) in [6.07, 6.45) is 3.86. The molecule has 0 saturated heterocycles. The topological polar surface area (TPSA) is 58.4 Å². The molecule has 1 atom stereocenters. The van der Waals surface area contributed by atoms with Gasteiger partial charge in [0.05, 0.1) is 5.56 Å². The van der Waals surface area contributed by atoms with Crippen molar-refractivity contribution in [2.75, 3.05) is 25.1 Å². The number of anilines is 2. The number of amides is 1. The van der Waals surface area contributed by atoms with Crippen LogP contribution in [0.25, 0.3) is 0 Å². The Balaban J connectivity index is 2.21. The van der Waals surface area contributed by atoms with Gasteiger partial charge < -0.3 is 16.0 Å². The molecule has 4 nitrogen and oxygen atoms in total. The predicted molar refractivity (Wildman–Crippen MR) is 79.3 cm³/mol. The lowest BCUT2D eigenvalue weighted by molar-refractivity contribution is 0.0828. The minimum Gasteiger partial charge on any atom is -0.399 e. The van der Waals surface area contributed by atoms with Crippen molar-refractivity contribution >= 4 is 17.3 Å². The Morgan fingerprint density at radius 1 is 1.42 bits per heavy atom. The monoisotopic (exact) mass is 261 g/mol. The minimum atomic E-state index is 0.00306. The van der Waals surface area contributed by atoms with Crippen LogP contribution in [0.5, 0.6) is 0 Å². The van der Waals surface area contributed by atoms with Gasteiger partial charge in [0.15, 0.2) is 0 Å². The van der Waals surface area contributed by atoms with Gasteiger partial charge in [-0.25, -0.2) is 0 Å². The van der Waals surface area contributed by atoms with E-state index in [9.17, 15) is 4.79 Å². The van der Waals surface area contributed by atoms with Crippen molar-refractivity contribution in [2.24, 2.45) is 5.92 Å². The summed E-state index contributed by atoms with van der Waals surface area (Å²) in [5.74, 6) is 0.715. The predicted octanol–water partition coefficient (Wildman–Crippen LogP) is 2.57. The molecule has 0 heterocycles. The van der Waals surface area contributed by atoms with E-state index in [0.29, 0.717) is 23.2 Å². The van der Waals surface area contributed by atoms with E-state index in [0.717, 1.165) is 5.69 Å². The van der Waals surface area contributed by atoms with Gasteiger partial charge in [-0.15, -0.1) is 0 Å². The second kappa shape index (κ2) is 5.51. The summed E-state index contributed by atoms with van der Waals surface area (Å²) in [6.45, 7) is 2.18. The van der Waals surface area contributed by atoms with E-state index in [1.54, 1.807) is 31.1 Å². The third-order valence-corrected chi connectivity index (χ3v) is 3.92. The van der Waals surface area contributed by atoms with E-state index >= 15 is 0 Å². The number of nitrogens with two attached hydrogens (primary N) is 1. The summed E-state index contributed by atoms with van der Waals surface area (Å²) >= 11 is 0. The van der Waals surface area contributed by atoms with Gasteiger partial charge in [0, 0.05) is 31.5 Å². The summed E-state index contributed by atoms with van der Waals surface area (Å²) in [4.78, 5) is 13.7. The van der Waals surface area contributed by atoms with E-state index in [4.69, 9.17) is 5.73 Å². The van der Waals surface area contributed by atoms with Gasteiger partial charge in [-0.05, 0) is 43.9 Å². The van der Waals surface area contributed by atoms with Crippen LogP contribution in [-0.2, 0) is 0 Å². The largest absolute Gasteiger partial charge is 0.399 e. The second-order valence-electron chi connectivity index (χ2n) is 5.63. The first kappa shape index (κ1) is 13.7. The lowest BCUT2D eigenvalue weighted by Gasteiger charge is -2.33. The molecule has 2 rings (SSSR count). The van der Waals surface area contributed by atoms with E-state index in [2.05, 4.69) is 12.2 Å². The van der Waals surface area contributed by atoms with Crippen LogP contribution in [0.2, 0.25) is 0 Å². The zero-order chi connectivity index (χ0) is 14.0. The summed E-state index contributed by atoms with van der Waals surface area (Å²) in [6, 6.07) is 5.80. The highest BCUT2D eigenvalue weighted by Gasteiger charge is 2.25. The second-order valence-corrected chi connectivity index (χ2v) is 5.63. The number of carbonyl (C=O) groups excluding carboxylic acids is 1. The first-order valence-electron chi connectivity index (χ1n) is 6.86. The quantitative estimate of drug-likeness (QED) is 0.819. The van der Waals surface area contributed by atoms with Crippen molar-refractivity contribution in [1.29, 1.82) is 0 Å². The summed E-state index contributed by atoms with van der Waals surface area (Å²) < 4.78 is 0. The normalized spacial score (nSPS) is 16.6. The number of nitrogen functional groups attached to an aromatic ring is 1. The molecular formula is C15H23N3O. The number of hydrogen-bond donors (Lipinski definition) is 2. The zero-order valence-corrected chi connectivity index (χ0v) is 11.9. The molecule has 1 aromatic rings. The van der Waals surface area contributed by atoms with Crippen LogP contribution >= 0.6 is 0 Å². The van der Waals surface area contributed by atoms with Gasteiger partial charge in [0.2, 0.25) is 0 Å². The van der Waals surface area contributed by atoms with Crippen LogP contribution in [0.4, 0.5) is 11.4 Å².